The number of para-hydroxylation sites is 3. The van der Waals surface area contributed by atoms with E-state index >= 15 is 0 Å². The minimum Gasteiger partial charge on any atom is -0.344 e. The van der Waals surface area contributed by atoms with Crippen molar-refractivity contribution < 1.29 is 0 Å². The number of nitrogens with zero attached hydrogens (tertiary/aromatic N) is 3. The van der Waals surface area contributed by atoms with Crippen molar-refractivity contribution in [3.8, 4) is 11.1 Å². The van der Waals surface area contributed by atoms with Gasteiger partial charge in [0.05, 0.1) is 19.3 Å². The van der Waals surface area contributed by atoms with Gasteiger partial charge < -0.3 is 14.4 Å². The van der Waals surface area contributed by atoms with E-state index in [1.54, 1.807) is 0 Å². The van der Waals surface area contributed by atoms with Gasteiger partial charge >= 0.3 is 0 Å². The minimum absolute atomic E-state index is 0.258. The highest BCUT2D eigenvalue weighted by atomic mass is 28.3. The molecule has 57 heavy (non-hydrogen) atoms. The van der Waals surface area contributed by atoms with Crippen molar-refractivity contribution in [1.82, 2.24) is 4.57 Å². The summed E-state index contributed by atoms with van der Waals surface area (Å²) in [6.07, 6.45) is 0. The Labute approximate surface area is 337 Å². The van der Waals surface area contributed by atoms with Gasteiger partial charge in [-0.15, -0.1) is 0 Å². The summed E-state index contributed by atoms with van der Waals surface area (Å²) in [7, 11) is 0.713. The van der Waals surface area contributed by atoms with Gasteiger partial charge in [0.1, 0.15) is 0 Å². The third kappa shape index (κ3) is 5.61. The maximum Gasteiger partial charge on any atom is 0.0775 e. The van der Waals surface area contributed by atoms with Crippen molar-refractivity contribution in [2.75, 3.05) is 9.80 Å². The van der Waals surface area contributed by atoms with Crippen LogP contribution in [0, 0.1) is 0 Å². The van der Waals surface area contributed by atoms with Crippen molar-refractivity contribution in [1.29, 1.82) is 0 Å². The van der Waals surface area contributed by atoms with E-state index in [2.05, 4.69) is 231 Å². The van der Waals surface area contributed by atoms with E-state index in [9.17, 15) is 0 Å². The largest absolute Gasteiger partial charge is 0.344 e. The summed E-state index contributed by atoms with van der Waals surface area (Å²) in [6.45, 7) is 12.1. The molecule has 278 valence electrons. The molecule has 0 unspecified atom stereocenters. The molecule has 0 amide bonds. The van der Waals surface area contributed by atoms with Gasteiger partial charge in [-0.2, -0.15) is 0 Å². The van der Waals surface area contributed by atoms with Gasteiger partial charge in [0.25, 0.3) is 0 Å². The first-order chi connectivity index (χ1) is 27.6. The fourth-order valence-electron chi connectivity index (χ4n) is 9.30. The number of anilines is 6. The fraction of sp³-hybridized carbons (Fsp3) is 0.132. The summed E-state index contributed by atoms with van der Waals surface area (Å²) in [5, 5.41) is 6.55. The lowest BCUT2D eigenvalue weighted by Crippen LogP contribution is -2.37. The van der Waals surface area contributed by atoms with Crippen LogP contribution in [0.4, 0.5) is 34.1 Å². The second-order valence-electron chi connectivity index (χ2n) is 17.1. The highest BCUT2D eigenvalue weighted by Gasteiger charge is 2.38. The summed E-state index contributed by atoms with van der Waals surface area (Å²) in [6, 6.07) is 65.3. The number of aromatic nitrogens is 1. The number of hydrogen-bond donors (Lipinski definition) is 0. The molecule has 3 nitrogen and oxygen atoms in total. The van der Waals surface area contributed by atoms with Gasteiger partial charge in [0.15, 0.2) is 0 Å². The Morgan fingerprint density at radius 3 is 1.65 bits per heavy atom. The van der Waals surface area contributed by atoms with E-state index in [0.717, 1.165) is 22.7 Å². The molecule has 9 aromatic rings. The third-order valence-electron chi connectivity index (χ3n) is 12.3. The molecule has 0 N–H and O–H groups in total. The molecule has 1 aliphatic rings. The molecule has 4 heteroatoms. The SMILES string of the molecule is Cn1c2ccccc2c2ccc(N(c3ccccc3)c3ccc4c(c3)C(C)(C)c3cc(N(c5ccccc5)c5ccc([Si](C)(C)C)cc5)c5ccccc5c3-4)cc21. The van der Waals surface area contributed by atoms with Crippen molar-refractivity contribution in [2.45, 2.75) is 38.9 Å². The molecule has 0 spiro atoms. The van der Waals surface area contributed by atoms with Crippen molar-refractivity contribution >= 4 is 80.0 Å². The smallest absolute Gasteiger partial charge is 0.0775 e. The first-order valence-corrected chi connectivity index (χ1v) is 23.6. The molecular formula is C53H47N3Si. The highest BCUT2D eigenvalue weighted by molar-refractivity contribution is 6.88. The lowest BCUT2D eigenvalue weighted by atomic mass is 9.81. The summed E-state index contributed by atoms with van der Waals surface area (Å²) in [5.41, 5.74) is 14.5. The third-order valence-corrected chi connectivity index (χ3v) is 14.4. The van der Waals surface area contributed by atoms with E-state index in [1.165, 1.54) is 71.4 Å². The molecule has 0 saturated heterocycles. The van der Waals surface area contributed by atoms with E-state index in [4.69, 9.17) is 0 Å². The van der Waals surface area contributed by atoms with Crippen molar-refractivity contribution in [2.24, 2.45) is 7.05 Å². The van der Waals surface area contributed by atoms with Crippen LogP contribution in [0.1, 0.15) is 25.0 Å². The Morgan fingerprint density at radius 2 is 0.965 bits per heavy atom. The van der Waals surface area contributed by atoms with Crippen LogP contribution in [0.2, 0.25) is 19.6 Å². The molecule has 0 bridgehead atoms. The van der Waals surface area contributed by atoms with Crippen LogP contribution in [0.25, 0.3) is 43.7 Å². The van der Waals surface area contributed by atoms with Crippen LogP contribution in [0.3, 0.4) is 0 Å². The first kappa shape index (κ1) is 35.1. The van der Waals surface area contributed by atoms with Gasteiger partial charge in [-0.05, 0) is 100 Å². The summed E-state index contributed by atoms with van der Waals surface area (Å²) in [5.74, 6) is 0. The van der Waals surface area contributed by atoms with E-state index in [0.29, 0.717) is 0 Å². The second-order valence-corrected chi connectivity index (χ2v) is 22.2. The molecule has 0 fully saturated rings. The maximum absolute atomic E-state index is 2.49. The van der Waals surface area contributed by atoms with Crippen LogP contribution in [-0.4, -0.2) is 12.6 Å². The van der Waals surface area contributed by atoms with Crippen LogP contribution in [0.15, 0.2) is 176 Å². The molecule has 1 aromatic heterocycles. The first-order valence-electron chi connectivity index (χ1n) is 20.1. The highest BCUT2D eigenvalue weighted by Crippen LogP contribution is 2.55. The summed E-state index contributed by atoms with van der Waals surface area (Å²) >= 11 is 0. The van der Waals surface area contributed by atoms with Gasteiger partial charge in [0.2, 0.25) is 0 Å². The van der Waals surface area contributed by atoms with Gasteiger partial charge in [-0.3, -0.25) is 0 Å². The Balaban J connectivity index is 1.15. The van der Waals surface area contributed by atoms with Crippen molar-refractivity contribution in [3.63, 3.8) is 0 Å². The van der Waals surface area contributed by atoms with E-state index < -0.39 is 8.07 Å². The average Bonchev–Trinajstić information content (AvgIpc) is 3.64. The number of benzene rings is 8. The standard InChI is InChI=1S/C53H47N3Si/c1-53(2)47-33-39(55(36-17-9-7-10-18-36)40-27-31-44-42-21-15-16-24-49(42)54(3)50(44)34-40)28-32-46(47)52-45-23-14-13-22-43(45)51(35-48(52)53)56(37-19-11-8-12-20-37)38-25-29-41(30-26-38)57(4,5)6/h7-35H,1-6H3. The normalized spacial score (nSPS) is 13.2. The molecule has 1 aliphatic carbocycles. The predicted molar refractivity (Wildman–Crippen MR) is 248 cm³/mol. The Hall–Kier alpha value is -6.36. The van der Waals surface area contributed by atoms with Crippen molar-refractivity contribution in [3.05, 3.63) is 187 Å². The van der Waals surface area contributed by atoms with Crippen LogP contribution in [-0.2, 0) is 12.5 Å². The molecule has 1 heterocycles. The zero-order chi connectivity index (χ0) is 39.1. The number of rotatable bonds is 7. The van der Waals surface area contributed by atoms with Crippen LogP contribution >= 0.6 is 0 Å². The molecule has 10 rings (SSSR count). The van der Waals surface area contributed by atoms with Gasteiger partial charge in [0, 0.05) is 62.6 Å². The quantitative estimate of drug-likeness (QED) is 0.150. The number of fused-ring (bicyclic) bond motifs is 8. The number of aryl methyl sites for hydroxylation is 1. The second kappa shape index (κ2) is 13.1. The zero-order valence-electron chi connectivity index (χ0n) is 33.6. The monoisotopic (exact) mass is 753 g/mol. The average molecular weight is 754 g/mol. The lowest BCUT2D eigenvalue weighted by Gasteiger charge is -2.30. The fourth-order valence-corrected chi connectivity index (χ4v) is 10.5. The van der Waals surface area contributed by atoms with Gasteiger partial charge in [-0.25, -0.2) is 0 Å². The molecule has 0 aliphatic heterocycles. The molecule has 8 aromatic carbocycles. The Kier molecular flexibility index (Phi) is 8.07. The molecule has 0 radical (unpaired) electrons. The molecule has 0 atom stereocenters. The van der Waals surface area contributed by atoms with Gasteiger partial charge in [-0.1, -0.05) is 142 Å². The van der Waals surface area contributed by atoms with Crippen LogP contribution in [0.5, 0.6) is 0 Å². The van der Waals surface area contributed by atoms with E-state index in [1.807, 2.05) is 0 Å². The lowest BCUT2D eigenvalue weighted by molar-refractivity contribution is 0.661. The molecule has 0 saturated carbocycles. The molecular weight excluding hydrogens is 707 g/mol. The van der Waals surface area contributed by atoms with Crippen LogP contribution < -0.4 is 15.0 Å². The minimum atomic E-state index is -1.46. The predicted octanol–water partition coefficient (Wildman–Crippen LogP) is 14.3. The maximum atomic E-state index is 2.49. The Bertz CT molecular complexity index is 2970. The Morgan fingerprint density at radius 1 is 0.439 bits per heavy atom. The summed E-state index contributed by atoms with van der Waals surface area (Å²) in [4.78, 5) is 4.88. The summed E-state index contributed by atoms with van der Waals surface area (Å²) < 4.78 is 2.32. The zero-order valence-corrected chi connectivity index (χ0v) is 34.6. The topological polar surface area (TPSA) is 11.4 Å². The van der Waals surface area contributed by atoms with E-state index in [-0.39, 0.29) is 5.41 Å². The number of hydrogen-bond acceptors (Lipinski definition) is 2.